The number of nitrogens with one attached hydrogen (secondary N) is 1. The van der Waals surface area contributed by atoms with Gasteiger partial charge in [-0.05, 0) is 31.2 Å². The Morgan fingerprint density at radius 3 is 2.78 bits per heavy atom. The standard InChI is InChI=1S/C18H20ClN5O2.CH4/c1-3-23(10-11-26-2)17-9-8-16-20-15(12-24(16)22-17)21-18(25)13-6-4-5-7-14(13)19;/h4-9,12H,3,10-11H2,1-2H3,(H,21,25);1H4. The molecule has 2 heterocycles. The van der Waals surface area contributed by atoms with E-state index < -0.39 is 0 Å². The van der Waals surface area contributed by atoms with Crippen LogP contribution in [0.4, 0.5) is 11.6 Å². The van der Waals surface area contributed by atoms with Crippen LogP contribution in [-0.4, -0.2) is 47.3 Å². The molecule has 0 bridgehead atoms. The zero-order valence-corrected chi connectivity index (χ0v) is 15.4. The van der Waals surface area contributed by atoms with Crippen LogP contribution in [-0.2, 0) is 4.74 Å². The molecule has 3 rings (SSSR count). The van der Waals surface area contributed by atoms with Crippen LogP contribution in [0.3, 0.4) is 0 Å². The number of hydrogen-bond donors (Lipinski definition) is 1. The van der Waals surface area contributed by atoms with Crippen LogP contribution in [0.2, 0.25) is 5.02 Å². The van der Waals surface area contributed by atoms with Crippen LogP contribution >= 0.6 is 11.6 Å². The molecule has 0 saturated carbocycles. The summed E-state index contributed by atoms with van der Waals surface area (Å²) in [6, 6.07) is 10.6. The Bertz CT molecular complexity index is 912. The molecule has 1 amide bonds. The first-order valence-electron chi connectivity index (χ1n) is 8.28. The number of imidazole rings is 1. The molecule has 144 valence electrons. The average molecular weight is 390 g/mol. The molecule has 0 fully saturated rings. The van der Waals surface area contributed by atoms with Gasteiger partial charge in [-0.2, -0.15) is 0 Å². The Morgan fingerprint density at radius 2 is 2.07 bits per heavy atom. The molecule has 0 radical (unpaired) electrons. The van der Waals surface area contributed by atoms with E-state index in [9.17, 15) is 4.79 Å². The van der Waals surface area contributed by atoms with E-state index in [1.54, 1.807) is 42.1 Å². The normalized spacial score (nSPS) is 10.5. The summed E-state index contributed by atoms with van der Waals surface area (Å²) in [7, 11) is 1.67. The molecule has 0 aliphatic heterocycles. The lowest BCUT2D eigenvalue weighted by Gasteiger charge is -2.21. The van der Waals surface area contributed by atoms with Crippen molar-refractivity contribution in [2.45, 2.75) is 14.4 Å². The smallest absolute Gasteiger partial charge is 0.258 e. The van der Waals surface area contributed by atoms with E-state index in [1.807, 2.05) is 12.1 Å². The summed E-state index contributed by atoms with van der Waals surface area (Å²) in [5, 5.41) is 7.72. The van der Waals surface area contributed by atoms with Gasteiger partial charge in [0.25, 0.3) is 5.91 Å². The minimum Gasteiger partial charge on any atom is -0.383 e. The molecule has 1 aromatic carbocycles. The fourth-order valence-electron chi connectivity index (χ4n) is 2.57. The molecule has 7 nitrogen and oxygen atoms in total. The van der Waals surface area contributed by atoms with Gasteiger partial charge in [-0.25, -0.2) is 9.50 Å². The minimum absolute atomic E-state index is 0. The largest absolute Gasteiger partial charge is 0.383 e. The number of carbonyl (C=O) groups is 1. The lowest BCUT2D eigenvalue weighted by atomic mass is 10.2. The Labute approximate surface area is 163 Å². The maximum Gasteiger partial charge on any atom is 0.258 e. The number of anilines is 2. The number of methoxy groups -OCH3 is 1. The number of benzene rings is 1. The maximum atomic E-state index is 12.4. The van der Waals surface area contributed by atoms with Crippen LogP contribution in [0.15, 0.2) is 42.6 Å². The highest BCUT2D eigenvalue weighted by molar-refractivity contribution is 6.34. The van der Waals surface area contributed by atoms with E-state index in [2.05, 4.69) is 27.2 Å². The molecule has 0 atom stereocenters. The number of likely N-dealkylation sites (N-methyl/N-ethyl adjacent to an activating group) is 1. The lowest BCUT2D eigenvalue weighted by Crippen LogP contribution is -2.28. The van der Waals surface area contributed by atoms with Crippen LogP contribution in [0.5, 0.6) is 0 Å². The van der Waals surface area contributed by atoms with E-state index >= 15 is 0 Å². The molecule has 0 aliphatic carbocycles. The Hall–Kier alpha value is -2.64. The van der Waals surface area contributed by atoms with Gasteiger partial charge in [-0.15, -0.1) is 5.10 Å². The lowest BCUT2D eigenvalue weighted by molar-refractivity contribution is 0.102. The fraction of sp³-hybridized carbons (Fsp3) is 0.316. The first-order valence-corrected chi connectivity index (χ1v) is 8.66. The van der Waals surface area contributed by atoms with Crippen molar-refractivity contribution in [3.05, 3.63) is 53.2 Å². The number of nitrogens with zero attached hydrogens (tertiary/aromatic N) is 4. The highest BCUT2D eigenvalue weighted by Gasteiger charge is 2.13. The number of hydrogen-bond acceptors (Lipinski definition) is 5. The first-order chi connectivity index (χ1) is 12.6. The van der Waals surface area contributed by atoms with Gasteiger partial charge in [0.05, 0.1) is 23.4 Å². The average Bonchev–Trinajstić information content (AvgIpc) is 3.04. The molecular formula is C19H24ClN5O2. The number of ether oxygens (including phenoxy) is 1. The van der Waals surface area contributed by atoms with E-state index in [0.717, 1.165) is 18.9 Å². The molecule has 0 saturated heterocycles. The van der Waals surface area contributed by atoms with Gasteiger partial charge >= 0.3 is 0 Å². The van der Waals surface area contributed by atoms with Gasteiger partial charge in [-0.3, -0.25) is 4.79 Å². The summed E-state index contributed by atoms with van der Waals surface area (Å²) < 4.78 is 6.78. The first kappa shape index (κ1) is 20.7. The Morgan fingerprint density at radius 1 is 1.30 bits per heavy atom. The third-order valence-corrected chi connectivity index (χ3v) is 4.27. The predicted octanol–water partition coefficient (Wildman–Crippen LogP) is 3.74. The SMILES string of the molecule is C.CCN(CCOC)c1ccc2nc(NC(=O)c3ccccc3Cl)cn2n1. The zero-order valence-electron chi connectivity index (χ0n) is 14.6. The van der Waals surface area contributed by atoms with Crippen LogP contribution < -0.4 is 10.2 Å². The van der Waals surface area contributed by atoms with Gasteiger partial charge in [0.15, 0.2) is 11.5 Å². The van der Waals surface area contributed by atoms with Crippen molar-refractivity contribution in [3.8, 4) is 0 Å². The molecular weight excluding hydrogens is 366 g/mol. The topological polar surface area (TPSA) is 71.8 Å². The van der Waals surface area contributed by atoms with Crippen molar-refractivity contribution < 1.29 is 9.53 Å². The van der Waals surface area contributed by atoms with Crippen molar-refractivity contribution in [3.63, 3.8) is 0 Å². The summed E-state index contributed by atoms with van der Waals surface area (Å²) in [6.07, 6.45) is 1.68. The van der Waals surface area contributed by atoms with Gasteiger partial charge in [0.2, 0.25) is 0 Å². The van der Waals surface area contributed by atoms with Crippen LogP contribution in [0, 0.1) is 0 Å². The highest BCUT2D eigenvalue weighted by atomic mass is 35.5. The van der Waals surface area contributed by atoms with E-state index in [-0.39, 0.29) is 13.3 Å². The molecule has 2 aromatic heterocycles. The van der Waals surface area contributed by atoms with Crippen molar-refractivity contribution in [1.82, 2.24) is 14.6 Å². The number of halogens is 1. The molecule has 27 heavy (non-hydrogen) atoms. The van der Waals surface area contributed by atoms with Gasteiger partial charge in [0, 0.05) is 20.2 Å². The van der Waals surface area contributed by atoms with Gasteiger partial charge in [-0.1, -0.05) is 31.2 Å². The fourth-order valence-corrected chi connectivity index (χ4v) is 2.79. The second-order valence-electron chi connectivity index (χ2n) is 5.63. The third-order valence-electron chi connectivity index (χ3n) is 3.94. The monoisotopic (exact) mass is 389 g/mol. The molecule has 1 N–H and O–H groups in total. The van der Waals surface area contributed by atoms with Gasteiger partial charge in [0.1, 0.15) is 5.82 Å². The number of amides is 1. The molecule has 8 heteroatoms. The minimum atomic E-state index is -0.311. The summed E-state index contributed by atoms with van der Waals surface area (Å²) in [5.41, 5.74) is 1.04. The van der Waals surface area contributed by atoms with Crippen molar-refractivity contribution in [2.24, 2.45) is 0 Å². The molecule has 0 unspecified atom stereocenters. The number of fused-ring (bicyclic) bond motifs is 1. The Balaban J connectivity index is 0.00000261. The highest BCUT2D eigenvalue weighted by Crippen LogP contribution is 2.18. The van der Waals surface area contributed by atoms with Crippen molar-refractivity contribution in [1.29, 1.82) is 0 Å². The van der Waals surface area contributed by atoms with Crippen LogP contribution in [0.1, 0.15) is 24.7 Å². The maximum absolute atomic E-state index is 12.4. The van der Waals surface area contributed by atoms with Gasteiger partial charge < -0.3 is 15.0 Å². The van der Waals surface area contributed by atoms with E-state index in [1.165, 1.54) is 0 Å². The van der Waals surface area contributed by atoms with Crippen LogP contribution in [0.25, 0.3) is 5.65 Å². The summed E-state index contributed by atoms with van der Waals surface area (Å²) >= 11 is 6.06. The molecule has 3 aromatic rings. The molecule has 0 aliphatic rings. The zero-order chi connectivity index (χ0) is 18.5. The summed E-state index contributed by atoms with van der Waals surface area (Å²) in [4.78, 5) is 18.8. The number of aromatic nitrogens is 3. The van der Waals surface area contributed by atoms with Crippen molar-refractivity contribution in [2.75, 3.05) is 37.0 Å². The number of carbonyl (C=O) groups excluding carboxylic acids is 1. The van der Waals surface area contributed by atoms with Crippen molar-refractivity contribution >= 4 is 34.8 Å². The predicted molar refractivity (Wildman–Crippen MR) is 109 cm³/mol. The van der Waals surface area contributed by atoms with E-state index in [0.29, 0.717) is 28.7 Å². The quantitative estimate of drug-likeness (QED) is 0.666. The summed E-state index contributed by atoms with van der Waals surface area (Å²) in [5.74, 6) is 0.924. The van der Waals surface area contributed by atoms with E-state index in [4.69, 9.17) is 16.3 Å². The second kappa shape index (κ2) is 9.34. The second-order valence-corrected chi connectivity index (χ2v) is 6.03. The molecule has 0 spiro atoms. The third kappa shape index (κ3) is 4.75. The number of rotatable bonds is 7. The summed E-state index contributed by atoms with van der Waals surface area (Å²) in [6.45, 7) is 4.24. The Kier molecular flexibility index (Phi) is 7.15.